The van der Waals surface area contributed by atoms with Crippen LogP contribution in [0.1, 0.15) is 19.3 Å². The minimum Gasteiger partial charge on any atom is -0.492 e. The third-order valence-electron chi connectivity index (χ3n) is 4.09. The minimum absolute atomic E-state index is 0. The number of rotatable bonds is 6. The molecule has 2 aliphatic heterocycles. The molecule has 0 bridgehead atoms. The van der Waals surface area contributed by atoms with E-state index in [-0.39, 0.29) is 28.9 Å². The normalized spacial score (nSPS) is 18.5. The Labute approximate surface area is 178 Å². The number of nitrogens with zero attached hydrogens (tertiary/aromatic N) is 3. The van der Waals surface area contributed by atoms with Crippen LogP contribution >= 0.6 is 40.2 Å². The van der Waals surface area contributed by atoms with Gasteiger partial charge in [-0.15, -0.1) is 17.0 Å². The third-order valence-corrected chi connectivity index (χ3v) is 4.62. The first-order chi connectivity index (χ1) is 12.5. The Morgan fingerprint density at radius 1 is 1.19 bits per heavy atom. The first-order valence-corrected chi connectivity index (χ1v) is 9.04. The molecule has 2 aliphatic rings. The quantitative estimate of drug-likeness (QED) is 0.603. The van der Waals surface area contributed by atoms with Gasteiger partial charge in [0.1, 0.15) is 5.75 Å². The summed E-state index contributed by atoms with van der Waals surface area (Å²) in [5.74, 6) is 0.930. The Balaban J connectivity index is 0.00000261. The molecule has 0 radical (unpaired) electrons. The summed E-state index contributed by atoms with van der Waals surface area (Å²) in [6, 6.07) is 5.09. The largest absolute Gasteiger partial charge is 0.492 e. The topological polar surface area (TPSA) is 108 Å². The summed E-state index contributed by atoms with van der Waals surface area (Å²) in [6.07, 6.45) is 1.87. The summed E-state index contributed by atoms with van der Waals surface area (Å²) >= 11 is 11.9. The van der Waals surface area contributed by atoms with Crippen LogP contribution < -0.4 is 16.2 Å². The Kier molecular flexibility index (Phi) is 7.99. The van der Waals surface area contributed by atoms with Crippen LogP contribution in [0.25, 0.3) is 0 Å². The molecule has 0 aliphatic carbocycles. The fraction of sp³-hybridized carbons (Fsp3) is 0.500. The highest BCUT2D eigenvalue weighted by Gasteiger charge is 2.43. The van der Waals surface area contributed by atoms with Gasteiger partial charge in [0.25, 0.3) is 0 Å². The first-order valence-electron chi connectivity index (χ1n) is 8.28. The number of nitrogens with two attached hydrogens (primary N) is 2. The zero-order chi connectivity index (χ0) is 18.6. The van der Waals surface area contributed by atoms with Crippen LogP contribution in [0.15, 0.2) is 28.2 Å². The Hall–Kier alpha value is -1.26. The molecule has 150 valence electrons. The van der Waals surface area contributed by atoms with Crippen molar-refractivity contribution < 1.29 is 14.3 Å². The van der Waals surface area contributed by atoms with Crippen LogP contribution in [0.3, 0.4) is 0 Å². The molecule has 1 spiro atoms. The lowest BCUT2D eigenvalue weighted by molar-refractivity contribution is -0.190. The van der Waals surface area contributed by atoms with Gasteiger partial charge in [0.15, 0.2) is 5.66 Å². The van der Waals surface area contributed by atoms with E-state index in [1.165, 1.54) is 0 Å². The van der Waals surface area contributed by atoms with Crippen molar-refractivity contribution in [2.45, 2.75) is 24.9 Å². The number of guanidine groups is 2. The molecule has 2 heterocycles. The molecular weight excluding hydrogens is 461 g/mol. The van der Waals surface area contributed by atoms with E-state index in [0.29, 0.717) is 61.5 Å². The highest BCUT2D eigenvalue weighted by molar-refractivity contribution is 8.93. The zero-order valence-electron chi connectivity index (χ0n) is 14.6. The van der Waals surface area contributed by atoms with Gasteiger partial charge in [0, 0.05) is 24.3 Å². The van der Waals surface area contributed by atoms with Gasteiger partial charge in [-0.1, -0.05) is 23.2 Å². The summed E-state index contributed by atoms with van der Waals surface area (Å²) in [5.41, 5.74) is 11.1. The number of benzene rings is 1. The highest BCUT2D eigenvalue weighted by Crippen LogP contribution is 2.32. The van der Waals surface area contributed by atoms with Crippen molar-refractivity contribution in [2.75, 3.05) is 26.4 Å². The molecule has 3 rings (SSSR count). The van der Waals surface area contributed by atoms with Gasteiger partial charge in [-0.05, 0) is 18.2 Å². The SMILES string of the molecule is Br.NC1=NC2(CCOCC2)N(OCCCOc2ccc(Cl)cc2Cl)C(N)=N1. The van der Waals surface area contributed by atoms with E-state index < -0.39 is 5.66 Å². The molecule has 0 atom stereocenters. The maximum absolute atomic E-state index is 6.07. The molecular formula is C16H22BrCl2N5O3. The second-order valence-corrected chi connectivity index (χ2v) is 6.78. The van der Waals surface area contributed by atoms with E-state index in [1.807, 2.05) is 0 Å². The summed E-state index contributed by atoms with van der Waals surface area (Å²) in [7, 11) is 0. The Morgan fingerprint density at radius 2 is 1.93 bits per heavy atom. The van der Waals surface area contributed by atoms with Crippen molar-refractivity contribution in [1.82, 2.24) is 5.06 Å². The van der Waals surface area contributed by atoms with Crippen LogP contribution in [0.2, 0.25) is 10.0 Å². The molecule has 11 heteroatoms. The predicted molar refractivity (Wildman–Crippen MR) is 111 cm³/mol. The van der Waals surface area contributed by atoms with Crippen molar-refractivity contribution in [3.63, 3.8) is 0 Å². The lowest BCUT2D eigenvalue weighted by Crippen LogP contribution is -2.59. The number of ether oxygens (including phenoxy) is 2. The summed E-state index contributed by atoms with van der Waals surface area (Å²) in [6.45, 7) is 1.91. The van der Waals surface area contributed by atoms with Crippen LogP contribution in [0.4, 0.5) is 0 Å². The van der Waals surface area contributed by atoms with Crippen molar-refractivity contribution in [3.8, 4) is 5.75 Å². The van der Waals surface area contributed by atoms with E-state index in [2.05, 4.69) is 9.98 Å². The maximum atomic E-state index is 6.07. The number of aliphatic imine (C=N–C) groups is 2. The first kappa shape index (κ1) is 22.0. The monoisotopic (exact) mass is 481 g/mol. The summed E-state index contributed by atoms with van der Waals surface area (Å²) in [5, 5.41) is 2.57. The Morgan fingerprint density at radius 3 is 2.63 bits per heavy atom. The summed E-state index contributed by atoms with van der Waals surface area (Å²) < 4.78 is 11.1. The van der Waals surface area contributed by atoms with Gasteiger partial charge >= 0.3 is 0 Å². The van der Waals surface area contributed by atoms with Gasteiger partial charge in [0.2, 0.25) is 11.9 Å². The number of halogens is 3. The standard InChI is InChI=1S/C16H21Cl2N5O3.BrH/c17-11-2-3-13(12(18)10-11)25-6-1-7-26-23-15(20)21-14(19)22-16(23)4-8-24-9-5-16;/h2-3,10H,1,4-9H2,(H4,19,20,21,22);1H. The number of hydrogen-bond donors (Lipinski definition) is 2. The fourth-order valence-electron chi connectivity index (χ4n) is 2.85. The lowest BCUT2D eigenvalue weighted by Gasteiger charge is -2.43. The van der Waals surface area contributed by atoms with Crippen molar-refractivity contribution in [2.24, 2.45) is 21.5 Å². The molecule has 1 fully saturated rings. The van der Waals surface area contributed by atoms with Crippen LogP contribution in [0.5, 0.6) is 5.75 Å². The predicted octanol–water partition coefficient (Wildman–Crippen LogP) is 2.72. The van der Waals surface area contributed by atoms with Gasteiger partial charge in [-0.25, -0.2) is 4.99 Å². The average molecular weight is 483 g/mol. The third kappa shape index (κ3) is 5.39. The Bertz CT molecular complexity index is 713. The maximum Gasteiger partial charge on any atom is 0.226 e. The molecule has 0 saturated carbocycles. The van der Waals surface area contributed by atoms with Crippen molar-refractivity contribution >= 4 is 52.1 Å². The smallest absolute Gasteiger partial charge is 0.226 e. The molecule has 4 N–H and O–H groups in total. The van der Waals surface area contributed by atoms with Gasteiger partial charge in [-0.3, -0.25) is 4.84 Å². The fourth-order valence-corrected chi connectivity index (χ4v) is 3.31. The van der Waals surface area contributed by atoms with E-state index >= 15 is 0 Å². The molecule has 27 heavy (non-hydrogen) atoms. The summed E-state index contributed by atoms with van der Waals surface area (Å²) in [4.78, 5) is 14.3. The van der Waals surface area contributed by atoms with Gasteiger partial charge < -0.3 is 20.9 Å². The second kappa shape index (κ2) is 9.79. The average Bonchev–Trinajstić information content (AvgIpc) is 2.59. The number of hydroxylamine groups is 2. The van der Waals surface area contributed by atoms with E-state index in [9.17, 15) is 0 Å². The lowest BCUT2D eigenvalue weighted by atomic mass is 10.0. The molecule has 1 aromatic carbocycles. The van der Waals surface area contributed by atoms with Crippen LogP contribution in [0, 0.1) is 0 Å². The van der Waals surface area contributed by atoms with E-state index in [1.54, 1.807) is 23.3 Å². The molecule has 8 nitrogen and oxygen atoms in total. The van der Waals surface area contributed by atoms with Gasteiger partial charge in [0.05, 0.1) is 31.5 Å². The van der Waals surface area contributed by atoms with E-state index in [4.69, 9.17) is 49.0 Å². The molecule has 0 aromatic heterocycles. The highest BCUT2D eigenvalue weighted by atomic mass is 79.9. The molecule has 1 saturated heterocycles. The van der Waals surface area contributed by atoms with E-state index in [0.717, 1.165) is 0 Å². The zero-order valence-corrected chi connectivity index (χ0v) is 17.8. The van der Waals surface area contributed by atoms with Gasteiger partial charge in [-0.2, -0.15) is 10.1 Å². The second-order valence-electron chi connectivity index (χ2n) is 5.94. The molecule has 1 aromatic rings. The van der Waals surface area contributed by atoms with Crippen LogP contribution in [-0.2, 0) is 9.57 Å². The minimum atomic E-state index is -0.658. The molecule has 0 amide bonds. The van der Waals surface area contributed by atoms with Crippen molar-refractivity contribution in [1.29, 1.82) is 0 Å². The van der Waals surface area contributed by atoms with Crippen molar-refractivity contribution in [3.05, 3.63) is 28.2 Å². The molecule has 0 unspecified atom stereocenters. The van der Waals surface area contributed by atoms with Crippen LogP contribution in [-0.4, -0.2) is 49.1 Å². The number of hydrogen-bond acceptors (Lipinski definition) is 8.